The van der Waals surface area contributed by atoms with Gasteiger partial charge in [0.05, 0.1) is 0 Å². The Kier molecular flexibility index (Phi) is 4.97. The van der Waals surface area contributed by atoms with E-state index in [1.165, 1.54) is 20.2 Å². The van der Waals surface area contributed by atoms with Crippen molar-refractivity contribution < 1.29 is 18.4 Å². The van der Waals surface area contributed by atoms with Gasteiger partial charge in [-0.1, -0.05) is 19.3 Å². The summed E-state index contributed by atoms with van der Waals surface area (Å²) in [5.41, 5.74) is 0. The fourth-order valence-electron chi connectivity index (χ4n) is 1.78. The maximum absolute atomic E-state index is 11.7. The number of hydrogen-bond donors (Lipinski definition) is 0. The largest absolute Gasteiger partial charge is 0.327 e. The van der Waals surface area contributed by atoms with E-state index < -0.39 is 7.60 Å². The van der Waals surface area contributed by atoms with E-state index in [9.17, 15) is 9.36 Å². The maximum Gasteiger partial charge on any atom is 0.327 e. The van der Waals surface area contributed by atoms with Crippen molar-refractivity contribution in [2.45, 2.75) is 32.1 Å². The Morgan fingerprint density at radius 3 is 2.47 bits per heavy atom. The summed E-state index contributed by atoms with van der Waals surface area (Å²) in [4.78, 5) is 11.7. The topological polar surface area (TPSA) is 52.6 Å². The van der Waals surface area contributed by atoms with Gasteiger partial charge in [-0.25, -0.2) is 0 Å². The summed E-state index contributed by atoms with van der Waals surface area (Å²) in [6.45, 7) is 1.30. The Morgan fingerprint density at radius 1 is 1.33 bits per heavy atom. The summed E-state index contributed by atoms with van der Waals surface area (Å²) in [5, 5.41) is 0. The molecule has 0 bridgehead atoms. The first-order chi connectivity index (χ1) is 7.05. The predicted molar refractivity (Wildman–Crippen MR) is 58.1 cm³/mol. The lowest BCUT2D eigenvalue weighted by Gasteiger charge is -2.20. The van der Waals surface area contributed by atoms with E-state index in [1.54, 1.807) is 0 Å². The van der Waals surface area contributed by atoms with Crippen molar-refractivity contribution in [1.82, 2.24) is 0 Å². The zero-order chi connectivity index (χ0) is 11.3. The molecule has 5 heteroatoms. The zero-order valence-electron chi connectivity index (χ0n) is 9.40. The number of hydrogen-bond acceptors (Lipinski definition) is 4. The van der Waals surface area contributed by atoms with E-state index in [1.807, 2.05) is 0 Å². The molecule has 0 aromatic carbocycles. The van der Waals surface area contributed by atoms with Crippen LogP contribution in [0, 0.1) is 5.92 Å². The van der Waals surface area contributed by atoms with Gasteiger partial charge in [0.25, 0.3) is 0 Å². The van der Waals surface area contributed by atoms with Gasteiger partial charge in [-0.3, -0.25) is 9.36 Å². The zero-order valence-corrected chi connectivity index (χ0v) is 10.3. The minimum Gasteiger partial charge on any atom is -0.312 e. The van der Waals surface area contributed by atoms with Gasteiger partial charge in [-0.2, -0.15) is 0 Å². The molecule has 0 heterocycles. The molecule has 0 amide bonds. The summed E-state index contributed by atoms with van der Waals surface area (Å²) in [6.07, 6.45) is 5.34. The van der Waals surface area contributed by atoms with Crippen molar-refractivity contribution in [1.29, 1.82) is 0 Å². The Morgan fingerprint density at radius 2 is 1.93 bits per heavy atom. The third-order valence-electron chi connectivity index (χ3n) is 2.83. The highest BCUT2D eigenvalue weighted by atomic mass is 31.2. The smallest absolute Gasteiger partial charge is 0.312 e. The third kappa shape index (κ3) is 4.45. The lowest BCUT2D eigenvalue weighted by molar-refractivity contribution is -0.126. The van der Waals surface area contributed by atoms with Crippen LogP contribution in [0.15, 0.2) is 0 Å². The minimum absolute atomic E-state index is 0.0637. The highest BCUT2D eigenvalue weighted by molar-refractivity contribution is 7.52. The van der Waals surface area contributed by atoms with Crippen LogP contribution in [0.4, 0.5) is 0 Å². The average molecular weight is 234 g/mol. The second-order valence-corrected chi connectivity index (χ2v) is 6.19. The Bertz CT molecular complexity index is 258. The first-order valence-electron chi connectivity index (χ1n) is 5.35. The molecule has 0 spiro atoms. The van der Waals surface area contributed by atoms with E-state index in [4.69, 9.17) is 4.52 Å². The van der Waals surface area contributed by atoms with Crippen LogP contribution >= 0.6 is 7.60 Å². The lowest BCUT2D eigenvalue weighted by Crippen LogP contribution is -2.21. The molecule has 0 aromatic rings. The van der Waals surface area contributed by atoms with E-state index >= 15 is 0 Å². The van der Waals surface area contributed by atoms with Crippen LogP contribution in [0.3, 0.4) is 0 Å². The van der Waals surface area contributed by atoms with Gasteiger partial charge in [0.1, 0.15) is 6.61 Å². The highest BCUT2D eigenvalue weighted by Crippen LogP contribution is 2.42. The highest BCUT2D eigenvalue weighted by Gasteiger charge is 2.24. The standard InChI is InChI=1S/C10H19O4P/c1-13-15(2,12)14-8-10(11)9-6-4-3-5-7-9/h9H,3-8H2,1-2H3. The van der Waals surface area contributed by atoms with Crippen LogP contribution in [0.1, 0.15) is 32.1 Å². The van der Waals surface area contributed by atoms with Crippen molar-refractivity contribution in [3.05, 3.63) is 0 Å². The van der Waals surface area contributed by atoms with Crippen molar-refractivity contribution in [2.75, 3.05) is 20.4 Å². The van der Waals surface area contributed by atoms with Crippen LogP contribution in [-0.2, 0) is 18.4 Å². The van der Waals surface area contributed by atoms with Crippen LogP contribution in [-0.4, -0.2) is 26.2 Å². The van der Waals surface area contributed by atoms with Gasteiger partial charge in [0.2, 0.25) is 0 Å². The number of ketones is 1. The Labute approximate surface area is 90.9 Å². The fourth-order valence-corrected chi connectivity index (χ4v) is 2.24. The molecular formula is C10H19O4P. The summed E-state index contributed by atoms with van der Waals surface area (Å²) in [6, 6.07) is 0. The second kappa shape index (κ2) is 5.78. The molecule has 1 aliphatic rings. The van der Waals surface area contributed by atoms with Crippen LogP contribution in [0.2, 0.25) is 0 Å². The SMILES string of the molecule is COP(C)(=O)OCC(=O)C1CCCCC1. The molecular weight excluding hydrogens is 215 g/mol. The molecule has 1 unspecified atom stereocenters. The Hall–Kier alpha value is -0.180. The second-order valence-electron chi connectivity index (χ2n) is 4.03. The van der Waals surface area contributed by atoms with Crippen molar-refractivity contribution in [3.63, 3.8) is 0 Å². The monoisotopic (exact) mass is 234 g/mol. The van der Waals surface area contributed by atoms with Gasteiger partial charge in [-0.05, 0) is 12.8 Å². The summed E-state index contributed by atoms with van der Waals surface area (Å²) in [5.74, 6) is 0.171. The molecule has 1 fully saturated rings. The molecule has 1 atom stereocenters. The van der Waals surface area contributed by atoms with Crippen LogP contribution < -0.4 is 0 Å². The van der Waals surface area contributed by atoms with Crippen molar-refractivity contribution in [3.8, 4) is 0 Å². The van der Waals surface area contributed by atoms with E-state index in [0.717, 1.165) is 25.7 Å². The van der Waals surface area contributed by atoms with E-state index in [-0.39, 0.29) is 18.3 Å². The summed E-state index contributed by atoms with van der Waals surface area (Å²) < 4.78 is 21.0. The molecule has 15 heavy (non-hydrogen) atoms. The quantitative estimate of drug-likeness (QED) is 0.686. The van der Waals surface area contributed by atoms with Gasteiger partial charge in [0.15, 0.2) is 5.78 Å². The lowest BCUT2D eigenvalue weighted by atomic mass is 9.86. The molecule has 4 nitrogen and oxygen atoms in total. The summed E-state index contributed by atoms with van der Waals surface area (Å²) >= 11 is 0. The number of carbonyl (C=O) groups is 1. The Balaban J connectivity index is 2.32. The fraction of sp³-hybridized carbons (Fsp3) is 0.900. The average Bonchev–Trinajstić information content (AvgIpc) is 2.27. The number of Topliss-reactive ketones (excluding diaryl/α,β-unsaturated/α-hetero) is 1. The van der Waals surface area contributed by atoms with Crippen LogP contribution in [0.5, 0.6) is 0 Å². The van der Waals surface area contributed by atoms with Gasteiger partial charge < -0.3 is 9.05 Å². The number of carbonyl (C=O) groups excluding carboxylic acids is 1. The van der Waals surface area contributed by atoms with Gasteiger partial charge in [-0.15, -0.1) is 0 Å². The first kappa shape index (κ1) is 12.9. The number of rotatable bonds is 5. The van der Waals surface area contributed by atoms with Crippen molar-refractivity contribution >= 4 is 13.4 Å². The molecule has 1 rings (SSSR count). The molecule has 0 N–H and O–H groups in total. The molecule has 0 radical (unpaired) electrons. The summed E-state index contributed by atoms with van der Waals surface area (Å²) in [7, 11) is -1.67. The molecule has 0 aliphatic heterocycles. The van der Waals surface area contributed by atoms with Crippen molar-refractivity contribution in [2.24, 2.45) is 5.92 Å². The molecule has 0 saturated heterocycles. The predicted octanol–water partition coefficient (Wildman–Crippen LogP) is 2.62. The van der Waals surface area contributed by atoms with Gasteiger partial charge in [0, 0.05) is 19.7 Å². The molecule has 1 aliphatic carbocycles. The third-order valence-corrected chi connectivity index (χ3v) is 4.09. The normalized spacial score (nSPS) is 22.3. The molecule has 0 aromatic heterocycles. The molecule has 1 saturated carbocycles. The first-order valence-corrected chi connectivity index (χ1v) is 7.34. The van der Waals surface area contributed by atoms with Crippen LogP contribution in [0.25, 0.3) is 0 Å². The molecule has 88 valence electrons. The van der Waals surface area contributed by atoms with E-state index in [0.29, 0.717) is 0 Å². The van der Waals surface area contributed by atoms with E-state index in [2.05, 4.69) is 4.52 Å². The minimum atomic E-state index is -3.00. The maximum atomic E-state index is 11.7. The van der Waals surface area contributed by atoms with Gasteiger partial charge >= 0.3 is 7.60 Å².